The molecule has 0 radical (unpaired) electrons. The van der Waals surface area contributed by atoms with Crippen molar-refractivity contribution in [2.24, 2.45) is 0 Å². The molecule has 1 heterocycles. The maximum Gasteiger partial charge on any atom is 0.338 e. The summed E-state index contributed by atoms with van der Waals surface area (Å²) in [6, 6.07) is 16.3. The molecule has 2 N–H and O–H groups in total. The van der Waals surface area contributed by atoms with E-state index in [9.17, 15) is 19.8 Å². The van der Waals surface area contributed by atoms with Gasteiger partial charge in [-0.1, -0.05) is 36.4 Å². The minimum absolute atomic E-state index is 0.257. The third-order valence-corrected chi connectivity index (χ3v) is 3.93. The van der Waals surface area contributed by atoms with Crippen LogP contribution in [0.3, 0.4) is 0 Å². The second kappa shape index (κ2) is 8.09. The summed E-state index contributed by atoms with van der Waals surface area (Å²) in [6.45, 7) is -0.257. The van der Waals surface area contributed by atoms with Crippen molar-refractivity contribution in [3.8, 4) is 0 Å². The third kappa shape index (κ3) is 4.08. The second-order valence-corrected chi connectivity index (χ2v) is 5.76. The van der Waals surface area contributed by atoms with Crippen LogP contribution in [-0.2, 0) is 14.2 Å². The van der Waals surface area contributed by atoms with Gasteiger partial charge in [0.05, 0.1) is 17.7 Å². The number of benzene rings is 2. The van der Waals surface area contributed by atoms with Gasteiger partial charge in [-0.25, -0.2) is 9.59 Å². The summed E-state index contributed by atoms with van der Waals surface area (Å²) in [5.41, 5.74) is 0.529. The number of ether oxygens (including phenoxy) is 3. The average Bonchev–Trinajstić information content (AvgIpc) is 2.68. The first-order chi connectivity index (χ1) is 12.6. The fourth-order valence-electron chi connectivity index (χ4n) is 2.57. The van der Waals surface area contributed by atoms with Crippen LogP contribution in [0.15, 0.2) is 60.7 Å². The molecule has 0 bridgehead atoms. The molecular weight excluding hydrogens is 340 g/mol. The molecule has 0 amide bonds. The van der Waals surface area contributed by atoms with Gasteiger partial charge in [-0.15, -0.1) is 0 Å². The molecule has 136 valence electrons. The number of hydrogen-bond donors (Lipinski definition) is 2. The summed E-state index contributed by atoms with van der Waals surface area (Å²) in [4.78, 5) is 24.5. The first-order valence-corrected chi connectivity index (χ1v) is 8.06. The van der Waals surface area contributed by atoms with Crippen molar-refractivity contribution in [1.29, 1.82) is 0 Å². The summed E-state index contributed by atoms with van der Waals surface area (Å²) in [5.74, 6) is -1.43. The van der Waals surface area contributed by atoms with Gasteiger partial charge in [0, 0.05) is 0 Å². The van der Waals surface area contributed by atoms with Gasteiger partial charge in [0.1, 0.15) is 6.10 Å². The predicted octanol–water partition coefficient (Wildman–Crippen LogP) is 1.15. The minimum atomic E-state index is -1.53. The number of esters is 2. The van der Waals surface area contributed by atoms with E-state index in [0.717, 1.165) is 0 Å². The van der Waals surface area contributed by atoms with Gasteiger partial charge in [0.15, 0.2) is 18.5 Å². The van der Waals surface area contributed by atoms with Crippen molar-refractivity contribution in [2.45, 2.75) is 24.6 Å². The van der Waals surface area contributed by atoms with E-state index in [2.05, 4.69) is 0 Å². The SMILES string of the molecule is O=C(OC1C(O)COC(O)C1OC(=O)c1ccccc1)c1ccccc1. The van der Waals surface area contributed by atoms with Crippen LogP contribution in [0.2, 0.25) is 0 Å². The molecule has 2 aromatic carbocycles. The molecular formula is C19H18O7. The monoisotopic (exact) mass is 358 g/mol. The van der Waals surface area contributed by atoms with Crippen LogP contribution in [0, 0.1) is 0 Å². The molecule has 7 heteroatoms. The van der Waals surface area contributed by atoms with Crippen LogP contribution in [0.25, 0.3) is 0 Å². The fourth-order valence-corrected chi connectivity index (χ4v) is 2.57. The molecule has 0 aromatic heterocycles. The number of rotatable bonds is 4. The lowest BCUT2D eigenvalue weighted by molar-refractivity contribution is -0.251. The summed E-state index contributed by atoms with van der Waals surface area (Å²) in [6.07, 6.45) is -5.41. The van der Waals surface area contributed by atoms with Crippen molar-refractivity contribution in [2.75, 3.05) is 6.61 Å². The van der Waals surface area contributed by atoms with Crippen LogP contribution >= 0.6 is 0 Å². The van der Waals surface area contributed by atoms with Crippen molar-refractivity contribution >= 4 is 11.9 Å². The maximum absolute atomic E-state index is 12.3. The normalized spacial score (nSPS) is 25.3. The van der Waals surface area contributed by atoms with Gasteiger partial charge in [0.25, 0.3) is 0 Å². The lowest BCUT2D eigenvalue weighted by Crippen LogP contribution is -2.56. The zero-order valence-electron chi connectivity index (χ0n) is 13.7. The Morgan fingerprint density at radius 1 is 0.808 bits per heavy atom. The molecule has 2 aromatic rings. The first-order valence-electron chi connectivity index (χ1n) is 8.06. The Morgan fingerprint density at radius 3 is 1.77 bits per heavy atom. The largest absolute Gasteiger partial charge is 0.452 e. The smallest absolute Gasteiger partial charge is 0.338 e. The molecule has 1 aliphatic rings. The van der Waals surface area contributed by atoms with E-state index in [0.29, 0.717) is 0 Å². The molecule has 1 fully saturated rings. The number of carbonyl (C=O) groups excluding carboxylic acids is 2. The van der Waals surface area contributed by atoms with Gasteiger partial charge in [-0.2, -0.15) is 0 Å². The highest BCUT2D eigenvalue weighted by molar-refractivity contribution is 5.90. The molecule has 0 saturated carbocycles. The van der Waals surface area contributed by atoms with Crippen molar-refractivity contribution in [1.82, 2.24) is 0 Å². The highest BCUT2D eigenvalue weighted by atomic mass is 16.7. The third-order valence-electron chi connectivity index (χ3n) is 3.93. The number of aliphatic hydroxyl groups excluding tert-OH is 2. The lowest BCUT2D eigenvalue weighted by atomic mass is 10.0. The molecule has 26 heavy (non-hydrogen) atoms. The van der Waals surface area contributed by atoms with Crippen LogP contribution < -0.4 is 0 Å². The van der Waals surface area contributed by atoms with Crippen LogP contribution in [-0.4, -0.2) is 53.4 Å². The lowest BCUT2D eigenvalue weighted by Gasteiger charge is -2.37. The van der Waals surface area contributed by atoms with E-state index in [-0.39, 0.29) is 17.7 Å². The van der Waals surface area contributed by atoms with Crippen LogP contribution in [0.5, 0.6) is 0 Å². The second-order valence-electron chi connectivity index (χ2n) is 5.76. The molecule has 3 rings (SSSR count). The average molecular weight is 358 g/mol. The maximum atomic E-state index is 12.3. The summed E-state index contributed by atoms with van der Waals surface area (Å²) in [5, 5.41) is 20.2. The zero-order valence-corrected chi connectivity index (χ0v) is 13.7. The zero-order chi connectivity index (χ0) is 18.5. The highest BCUT2D eigenvalue weighted by Crippen LogP contribution is 2.23. The number of carbonyl (C=O) groups is 2. The summed E-state index contributed by atoms with van der Waals surface area (Å²) >= 11 is 0. The Kier molecular flexibility index (Phi) is 5.62. The number of hydrogen-bond acceptors (Lipinski definition) is 7. The minimum Gasteiger partial charge on any atom is -0.452 e. The van der Waals surface area contributed by atoms with Crippen LogP contribution in [0.1, 0.15) is 20.7 Å². The van der Waals surface area contributed by atoms with Gasteiger partial charge in [-0.05, 0) is 24.3 Å². The number of aliphatic hydroxyl groups is 2. The molecule has 0 spiro atoms. The Morgan fingerprint density at radius 2 is 1.27 bits per heavy atom. The van der Waals surface area contributed by atoms with Crippen molar-refractivity contribution in [3.05, 3.63) is 71.8 Å². The Balaban J connectivity index is 1.76. The van der Waals surface area contributed by atoms with E-state index < -0.39 is 36.5 Å². The van der Waals surface area contributed by atoms with Crippen molar-refractivity contribution < 1.29 is 34.0 Å². The molecule has 4 atom stereocenters. The van der Waals surface area contributed by atoms with E-state index >= 15 is 0 Å². The fraction of sp³-hybridized carbons (Fsp3) is 0.263. The first kappa shape index (κ1) is 18.1. The van der Waals surface area contributed by atoms with Gasteiger partial charge in [-0.3, -0.25) is 0 Å². The van der Waals surface area contributed by atoms with E-state index in [1.54, 1.807) is 60.7 Å². The van der Waals surface area contributed by atoms with Crippen molar-refractivity contribution in [3.63, 3.8) is 0 Å². The summed E-state index contributed by atoms with van der Waals surface area (Å²) in [7, 11) is 0. The standard InChI is InChI=1S/C19H18O7/c20-14-11-24-19(23)16(26-18(22)13-9-5-2-6-10-13)15(14)25-17(21)12-7-3-1-4-8-12/h1-10,14-16,19-20,23H,11H2. The van der Waals surface area contributed by atoms with Gasteiger partial charge in [0.2, 0.25) is 0 Å². The highest BCUT2D eigenvalue weighted by Gasteiger charge is 2.44. The summed E-state index contributed by atoms with van der Waals surface area (Å²) < 4.78 is 15.6. The van der Waals surface area contributed by atoms with Gasteiger partial charge >= 0.3 is 11.9 Å². The van der Waals surface area contributed by atoms with Crippen LogP contribution in [0.4, 0.5) is 0 Å². The Labute approximate surface area is 149 Å². The van der Waals surface area contributed by atoms with E-state index in [1.165, 1.54) is 0 Å². The Bertz CT molecular complexity index is 681. The van der Waals surface area contributed by atoms with E-state index in [1.807, 2.05) is 0 Å². The van der Waals surface area contributed by atoms with Gasteiger partial charge < -0.3 is 24.4 Å². The van der Waals surface area contributed by atoms with E-state index in [4.69, 9.17) is 14.2 Å². The molecule has 1 aliphatic heterocycles. The molecule has 4 unspecified atom stereocenters. The predicted molar refractivity (Wildman–Crippen MR) is 89.3 cm³/mol. The quantitative estimate of drug-likeness (QED) is 0.790. The topological polar surface area (TPSA) is 102 Å². The Hall–Kier alpha value is -2.74. The molecule has 0 aliphatic carbocycles. The molecule has 7 nitrogen and oxygen atoms in total. The molecule has 1 saturated heterocycles.